The number of amides is 1. The largest absolute Gasteiger partial charge is 0.326 e. The number of carbonyl (C=O) groups excluding carboxylic acids is 1. The van der Waals surface area contributed by atoms with Crippen molar-refractivity contribution in [2.75, 3.05) is 15.8 Å². The molecular formula is C21H21ClN4O3S2. The molecule has 0 spiro atoms. The molecule has 1 amide bonds. The number of aryl methyl sites for hydroxylation is 2. The van der Waals surface area contributed by atoms with E-state index in [2.05, 4.69) is 20.0 Å². The van der Waals surface area contributed by atoms with Gasteiger partial charge in [-0.25, -0.2) is 18.4 Å². The molecule has 1 heterocycles. The lowest BCUT2D eigenvalue weighted by Gasteiger charge is -2.10. The molecule has 2 aromatic carbocycles. The monoisotopic (exact) mass is 476 g/mol. The van der Waals surface area contributed by atoms with Crippen LogP contribution in [0.3, 0.4) is 0 Å². The van der Waals surface area contributed by atoms with Crippen molar-refractivity contribution in [3.63, 3.8) is 0 Å². The van der Waals surface area contributed by atoms with Gasteiger partial charge in [-0.2, -0.15) is 0 Å². The van der Waals surface area contributed by atoms with Gasteiger partial charge in [-0.1, -0.05) is 23.7 Å². The third kappa shape index (κ3) is 6.68. The standard InChI is InChI=1S/C21H21ClN4O3S2/c1-14-13-20(24-15(2)23-14)26-31(28,29)17-9-7-16(8-10-17)25-21(27)11-12-30-19-6-4-3-5-18(19)22/h3-10,13H,11-12H2,1-2H3,(H,25,27)(H,23,24,26). The lowest BCUT2D eigenvalue weighted by molar-refractivity contribution is -0.115. The van der Waals surface area contributed by atoms with Gasteiger partial charge in [0.25, 0.3) is 10.0 Å². The first-order chi connectivity index (χ1) is 14.7. The van der Waals surface area contributed by atoms with Crippen LogP contribution in [0.15, 0.2) is 64.4 Å². The quantitative estimate of drug-likeness (QED) is 0.458. The minimum absolute atomic E-state index is 0.0636. The SMILES string of the molecule is Cc1cc(NS(=O)(=O)c2ccc(NC(=O)CCSc3ccccc3Cl)cc2)nc(C)n1. The van der Waals surface area contributed by atoms with E-state index in [1.165, 1.54) is 23.9 Å². The summed E-state index contributed by atoms with van der Waals surface area (Å²) in [5.41, 5.74) is 1.18. The minimum atomic E-state index is -3.81. The fourth-order valence-electron chi connectivity index (χ4n) is 2.72. The molecule has 0 bridgehead atoms. The molecule has 0 atom stereocenters. The van der Waals surface area contributed by atoms with Crippen molar-refractivity contribution in [1.82, 2.24) is 9.97 Å². The lowest BCUT2D eigenvalue weighted by Crippen LogP contribution is -2.15. The fraction of sp³-hybridized carbons (Fsp3) is 0.190. The predicted molar refractivity (Wildman–Crippen MR) is 124 cm³/mol. The second-order valence-electron chi connectivity index (χ2n) is 6.65. The summed E-state index contributed by atoms with van der Waals surface area (Å²) in [6.45, 7) is 3.45. The molecule has 3 aromatic rings. The van der Waals surface area contributed by atoms with Crippen LogP contribution >= 0.6 is 23.4 Å². The first kappa shape index (κ1) is 23.1. The molecule has 2 N–H and O–H groups in total. The molecule has 3 rings (SSSR count). The zero-order valence-corrected chi connectivity index (χ0v) is 19.3. The van der Waals surface area contributed by atoms with Crippen LogP contribution in [-0.2, 0) is 14.8 Å². The van der Waals surface area contributed by atoms with E-state index in [0.717, 1.165) is 4.90 Å². The molecule has 1 aromatic heterocycles. The number of carbonyl (C=O) groups is 1. The molecule has 0 unspecified atom stereocenters. The Labute approximate surface area is 190 Å². The van der Waals surface area contributed by atoms with E-state index >= 15 is 0 Å². The Hall–Kier alpha value is -2.62. The number of halogens is 1. The number of nitrogens with one attached hydrogen (secondary N) is 2. The Balaban J connectivity index is 1.56. The maximum Gasteiger partial charge on any atom is 0.263 e. The summed E-state index contributed by atoms with van der Waals surface area (Å²) in [5.74, 6) is 1.09. The molecule has 0 aliphatic heterocycles. The maximum absolute atomic E-state index is 12.6. The molecule has 31 heavy (non-hydrogen) atoms. The third-order valence-corrected chi connectivity index (χ3v) is 6.96. The van der Waals surface area contributed by atoms with Crippen molar-refractivity contribution in [3.8, 4) is 0 Å². The smallest absolute Gasteiger partial charge is 0.263 e. The summed E-state index contributed by atoms with van der Waals surface area (Å²) in [6, 6.07) is 15.0. The average Bonchev–Trinajstić information content (AvgIpc) is 2.69. The lowest BCUT2D eigenvalue weighted by atomic mass is 10.3. The molecule has 0 saturated carbocycles. The van der Waals surface area contributed by atoms with Gasteiger partial charge in [-0.05, 0) is 50.2 Å². The molecular weight excluding hydrogens is 456 g/mol. The van der Waals surface area contributed by atoms with Gasteiger partial charge in [0.05, 0.1) is 9.92 Å². The number of hydrogen-bond donors (Lipinski definition) is 2. The van der Waals surface area contributed by atoms with Crippen molar-refractivity contribution in [2.24, 2.45) is 0 Å². The number of benzene rings is 2. The molecule has 0 aliphatic carbocycles. The second-order valence-corrected chi connectivity index (χ2v) is 9.88. The van der Waals surface area contributed by atoms with E-state index in [4.69, 9.17) is 11.6 Å². The van der Waals surface area contributed by atoms with E-state index in [-0.39, 0.29) is 16.6 Å². The van der Waals surface area contributed by atoms with Crippen molar-refractivity contribution >= 4 is 50.8 Å². The van der Waals surface area contributed by atoms with Gasteiger partial charge in [0, 0.05) is 34.5 Å². The summed E-state index contributed by atoms with van der Waals surface area (Å²) in [4.78, 5) is 21.4. The first-order valence-corrected chi connectivity index (χ1v) is 12.2. The van der Waals surface area contributed by atoms with Crippen LogP contribution in [0.1, 0.15) is 17.9 Å². The average molecular weight is 477 g/mol. The van der Waals surface area contributed by atoms with Gasteiger partial charge in [-0.3, -0.25) is 9.52 Å². The van der Waals surface area contributed by atoms with Gasteiger partial charge < -0.3 is 5.32 Å². The van der Waals surface area contributed by atoms with E-state index in [9.17, 15) is 13.2 Å². The van der Waals surface area contributed by atoms with Crippen LogP contribution in [0.4, 0.5) is 11.5 Å². The fourth-order valence-corrected chi connectivity index (χ4v) is 4.90. The summed E-state index contributed by atoms with van der Waals surface area (Å²) in [7, 11) is -3.81. The zero-order valence-electron chi connectivity index (χ0n) is 16.9. The van der Waals surface area contributed by atoms with Crippen molar-refractivity contribution in [3.05, 3.63) is 71.1 Å². The summed E-state index contributed by atoms with van der Waals surface area (Å²) < 4.78 is 27.6. The van der Waals surface area contributed by atoms with Crippen LogP contribution < -0.4 is 10.0 Å². The van der Waals surface area contributed by atoms with Crippen molar-refractivity contribution < 1.29 is 13.2 Å². The third-order valence-electron chi connectivity index (χ3n) is 4.08. The molecule has 0 saturated heterocycles. The minimum Gasteiger partial charge on any atom is -0.326 e. The van der Waals surface area contributed by atoms with Crippen molar-refractivity contribution in [1.29, 1.82) is 0 Å². The number of thioether (sulfide) groups is 1. The number of anilines is 2. The van der Waals surface area contributed by atoms with E-state index in [1.807, 2.05) is 24.3 Å². The zero-order chi connectivity index (χ0) is 22.4. The Morgan fingerprint density at radius 1 is 1.06 bits per heavy atom. The molecule has 0 radical (unpaired) electrons. The summed E-state index contributed by atoms with van der Waals surface area (Å²) in [6.07, 6.45) is 0.296. The van der Waals surface area contributed by atoms with E-state index in [1.54, 1.807) is 32.0 Å². The number of hydrogen-bond acceptors (Lipinski definition) is 6. The molecule has 10 heteroatoms. The Morgan fingerprint density at radius 2 is 1.77 bits per heavy atom. The van der Waals surface area contributed by atoms with Crippen LogP contribution in [0.5, 0.6) is 0 Å². The van der Waals surface area contributed by atoms with E-state index in [0.29, 0.717) is 34.4 Å². The number of sulfonamides is 1. The first-order valence-electron chi connectivity index (χ1n) is 9.35. The topological polar surface area (TPSA) is 101 Å². The Bertz CT molecular complexity index is 1170. The van der Waals surface area contributed by atoms with Gasteiger partial charge in [-0.15, -0.1) is 11.8 Å². The van der Waals surface area contributed by atoms with Gasteiger partial charge in [0.2, 0.25) is 5.91 Å². The molecule has 0 fully saturated rings. The van der Waals surface area contributed by atoms with E-state index < -0.39 is 10.0 Å². The van der Waals surface area contributed by atoms with Crippen LogP contribution in [-0.4, -0.2) is 30.0 Å². The molecule has 0 aliphatic rings. The molecule has 162 valence electrons. The van der Waals surface area contributed by atoms with Crippen molar-refractivity contribution in [2.45, 2.75) is 30.1 Å². The highest BCUT2D eigenvalue weighted by molar-refractivity contribution is 7.99. The highest BCUT2D eigenvalue weighted by Gasteiger charge is 2.16. The summed E-state index contributed by atoms with van der Waals surface area (Å²) >= 11 is 7.61. The number of nitrogens with zero attached hydrogens (tertiary/aromatic N) is 2. The van der Waals surface area contributed by atoms with Crippen LogP contribution in [0.2, 0.25) is 5.02 Å². The van der Waals surface area contributed by atoms with Gasteiger partial charge >= 0.3 is 0 Å². The van der Waals surface area contributed by atoms with Crippen LogP contribution in [0, 0.1) is 13.8 Å². The van der Waals surface area contributed by atoms with Gasteiger partial charge in [0.1, 0.15) is 11.6 Å². The van der Waals surface area contributed by atoms with Crippen LogP contribution in [0.25, 0.3) is 0 Å². The highest BCUT2D eigenvalue weighted by Crippen LogP contribution is 2.27. The number of aromatic nitrogens is 2. The Kier molecular flexibility index (Phi) is 7.53. The normalized spacial score (nSPS) is 11.2. The van der Waals surface area contributed by atoms with Gasteiger partial charge in [0.15, 0.2) is 0 Å². The Morgan fingerprint density at radius 3 is 2.45 bits per heavy atom. The number of rotatable bonds is 8. The highest BCUT2D eigenvalue weighted by atomic mass is 35.5. The maximum atomic E-state index is 12.6. The predicted octanol–water partition coefficient (Wildman–Crippen LogP) is 4.67. The second kappa shape index (κ2) is 10.1. The summed E-state index contributed by atoms with van der Waals surface area (Å²) in [5, 5.41) is 3.42. The molecule has 7 nitrogen and oxygen atoms in total.